The van der Waals surface area contributed by atoms with Gasteiger partial charge in [-0.25, -0.2) is 14.0 Å². The maximum Gasteiger partial charge on any atom is 0.373 e. The molecule has 2 aromatic rings. The summed E-state index contributed by atoms with van der Waals surface area (Å²) in [5, 5.41) is 2.56. The zero-order valence-electron chi connectivity index (χ0n) is 7.63. The molecular formula is C6H4N8O2. The summed E-state index contributed by atoms with van der Waals surface area (Å²) in [6, 6.07) is 0. The first-order valence-electron chi connectivity index (χ1n) is 4.16. The molecule has 0 saturated heterocycles. The number of nitrogens with one attached hydrogen (secondary N) is 2. The van der Waals surface area contributed by atoms with Gasteiger partial charge in [-0.3, -0.25) is 10.3 Å². The topological polar surface area (TPSA) is 143 Å². The molecule has 0 aromatic carbocycles. The summed E-state index contributed by atoms with van der Waals surface area (Å²) in [4.78, 5) is 39.0. The average Bonchev–Trinajstić information content (AvgIpc) is 2.14. The Morgan fingerprint density at radius 2 is 2.00 bits per heavy atom. The van der Waals surface area contributed by atoms with Gasteiger partial charge >= 0.3 is 11.4 Å². The molecule has 0 unspecified atom stereocenters. The molecule has 16 heavy (non-hydrogen) atoms. The van der Waals surface area contributed by atoms with E-state index in [9.17, 15) is 9.59 Å². The third-order valence-electron chi connectivity index (χ3n) is 1.91. The molecule has 3 heterocycles. The first-order valence-corrected chi connectivity index (χ1v) is 4.16. The van der Waals surface area contributed by atoms with E-state index in [4.69, 9.17) is 5.73 Å². The quantitative estimate of drug-likeness (QED) is 0.446. The molecule has 1 aliphatic heterocycles. The van der Waals surface area contributed by atoms with Crippen LogP contribution in [-0.2, 0) is 0 Å². The predicted octanol–water partition coefficient (Wildman–Crippen LogP) is -2.46. The summed E-state index contributed by atoms with van der Waals surface area (Å²) in [5.74, 6) is 0.137. The Kier molecular flexibility index (Phi) is 1.40. The Labute approximate surface area is 85.9 Å². The van der Waals surface area contributed by atoms with Crippen molar-refractivity contribution in [1.82, 2.24) is 24.3 Å². The third kappa shape index (κ3) is 1.06. The van der Waals surface area contributed by atoms with Crippen molar-refractivity contribution in [3.8, 4) is 0 Å². The van der Waals surface area contributed by atoms with Crippen molar-refractivity contribution in [3.63, 3.8) is 0 Å². The fourth-order valence-corrected chi connectivity index (χ4v) is 1.35. The highest BCUT2D eigenvalue weighted by Crippen LogP contribution is 2.14. The van der Waals surface area contributed by atoms with Crippen molar-refractivity contribution in [2.45, 2.75) is 0 Å². The maximum atomic E-state index is 11.2. The molecule has 0 amide bonds. The van der Waals surface area contributed by atoms with Gasteiger partial charge in [0.05, 0.1) is 0 Å². The van der Waals surface area contributed by atoms with Crippen LogP contribution in [0.1, 0.15) is 0 Å². The summed E-state index contributed by atoms with van der Waals surface area (Å²) in [5.41, 5.74) is 4.02. The summed E-state index contributed by atoms with van der Waals surface area (Å²) in [7, 11) is 0. The van der Waals surface area contributed by atoms with Gasteiger partial charge in [0.1, 0.15) is 0 Å². The molecule has 1 aliphatic rings. The second-order valence-electron chi connectivity index (χ2n) is 2.95. The van der Waals surface area contributed by atoms with Gasteiger partial charge in [0.2, 0.25) is 23.6 Å². The van der Waals surface area contributed by atoms with Gasteiger partial charge in [0.15, 0.2) is 0 Å². The molecule has 10 nitrogen and oxygen atoms in total. The minimum atomic E-state index is -0.763. The van der Waals surface area contributed by atoms with Gasteiger partial charge < -0.3 is 5.73 Å². The van der Waals surface area contributed by atoms with Crippen molar-refractivity contribution in [3.05, 3.63) is 21.0 Å². The number of rotatable bonds is 0. The Morgan fingerprint density at radius 3 is 2.81 bits per heavy atom. The van der Waals surface area contributed by atoms with Gasteiger partial charge in [-0.15, -0.1) is 0 Å². The fourth-order valence-electron chi connectivity index (χ4n) is 1.35. The average molecular weight is 220 g/mol. The first-order chi connectivity index (χ1) is 7.63. The standard InChI is InChI=1S/C6H4N8O2/c7-1-8-2-10-5(15)12-4-13-6(16)11-3(9-1)14(2)4/h(H4,7,8,9,10,11,12,13,15,16). The van der Waals surface area contributed by atoms with E-state index in [0.29, 0.717) is 0 Å². The molecule has 0 spiro atoms. The van der Waals surface area contributed by atoms with E-state index < -0.39 is 11.4 Å². The van der Waals surface area contributed by atoms with E-state index in [1.807, 2.05) is 0 Å². The first kappa shape index (κ1) is 8.52. The smallest absolute Gasteiger partial charge is 0.369 e. The molecule has 0 fully saturated rings. The van der Waals surface area contributed by atoms with Crippen LogP contribution in [-0.4, -0.2) is 30.3 Å². The fraction of sp³-hybridized carbons (Fsp3) is 0. The predicted molar refractivity (Wildman–Crippen MR) is 52.6 cm³/mol. The summed E-state index contributed by atoms with van der Waals surface area (Å²) < 4.78 is 1.28. The SMILES string of the molecule is NC1=Nc2nc(=O)nc3[nH]c(=O)nc(n23)N1. The van der Waals surface area contributed by atoms with Gasteiger partial charge in [-0.2, -0.15) is 19.9 Å². The molecular weight excluding hydrogens is 216 g/mol. The van der Waals surface area contributed by atoms with E-state index in [2.05, 4.69) is 30.2 Å². The number of anilines is 1. The summed E-state index contributed by atoms with van der Waals surface area (Å²) in [6.45, 7) is 0. The van der Waals surface area contributed by atoms with Crippen LogP contribution in [0.2, 0.25) is 0 Å². The number of nitrogens with two attached hydrogens (primary N) is 1. The number of H-pyrrole nitrogens is 1. The van der Waals surface area contributed by atoms with Crippen molar-refractivity contribution in [2.75, 3.05) is 5.32 Å². The number of hydrogen-bond donors (Lipinski definition) is 3. The number of hydrogen-bond acceptors (Lipinski definition) is 8. The number of aliphatic imine (C=N–C) groups is 1. The number of guanidine groups is 1. The van der Waals surface area contributed by atoms with Crippen molar-refractivity contribution in [1.29, 1.82) is 0 Å². The monoisotopic (exact) mass is 220 g/mol. The van der Waals surface area contributed by atoms with Crippen LogP contribution in [0, 0.1) is 0 Å². The molecule has 0 atom stereocenters. The minimum Gasteiger partial charge on any atom is -0.369 e. The van der Waals surface area contributed by atoms with Gasteiger partial charge in [0.25, 0.3) is 0 Å². The largest absolute Gasteiger partial charge is 0.373 e. The van der Waals surface area contributed by atoms with E-state index in [1.165, 1.54) is 4.40 Å². The minimum absolute atomic E-state index is 0.00231. The van der Waals surface area contributed by atoms with Crippen molar-refractivity contribution < 1.29 is 0 Å². The maximum absolute atomic E-state index is 11.2. The van der Waals surface area contributed by atoms with E-state index >= 15 is 0 Å². The molecule has 0 saturated carbocycles. The van der Waals surface area contributed by atoms with Crippen molar-refractivity contribution >= 4 is 23.6 Å². The Hall–Kier alpha value is -2.78. The highest BCUT2D eigenvalue weighted by atomic mass is 16.1. The molecule has 0 radical (unpaired) electrons. The molecule has 3 rings (SSSR count). The lowest BCUT2D eigenvalue weighted by Crippen LogP contribution is -2.32. The molecule has 10 heteroatoms. The van der Waals surface area contributed by atoms with Crippen LogP contribution >= 0.6 is 0 Å². The lowest BCUT2D eigenvalue weighted by atomic mass is 10.7. The van der Waals surface area contributed by atoms with Crippen LogP contribution in [0.4, 0.5) is 11.9 Å². The Balaban J connectivity index is 2.59. The number of aromatic nitrogens is 5. The molecule has 2 aromatic heterocycles. The molecule has 0 bridgehead atoms. The zero-order chi connectivity index (χ0) is 11.3. The molecule has 4 N–H and O–H groups in total. The highest BCUT2D eigenvalue weighted by molar-refractivity contribution is 5.93. The lowest BCUT2D eigenvalue weighted by Gasteiger charge is -2.13. The van der Waals surface area contributed by atoms with Crippen LogP contribution in [0.15, 0.2) is 14.6 Å². The van der Waals surface area contributed by atoms with E-state index in [-0.39, 0.29) is 23.6 Å². The Morgan fingerprint density at radius 1 is 1.19 bits per heavy atom. The molecule has 80 valence electrons. The number of nitrogens with zero attached hydrogens (tertiary/aromatic N) is 5. The highest BCUT2D eigenvalue weighted by Gasteiger charge is 2.16. The number of aromatic amines is 1. The Bertz CT molecular complexity index is 735. The van der Waals surface area contributed by atoms with Gasteiger partial charge in [0, 0.05) is 0 Å². The third-order valence-corrected chi connectivity index (χ3v) is 1.91. The second kappa shape index (κ2) is 2.62. The van der Waals surface area contributed by atoms with Gasteiger partial charge in [-0.1, -0.05) is 0 Å². The molecule has 0 aliphatic carbocycles. The van der Waals surface area contributed by atoms with E-state index in [0.717, 1.165) is 0 Å². The lowest BCUT2D eigenvalue weighted by molar-refractivity contribution is 0.872. The summed E-state index contributed by atoms with van der Waals surface area (Å²) in [6.07, 6.45) is 0. The van der Waals surface area contributed by atoms with Gasteiger partial charge in [-0.05, 0) is 0 Å². The van der Waals surface area contributed by atoms with Crippen LogP contribution in [0.5, 0.6) is 0 Å². The zero-order valence-corrected chi connectivity index (χ0v) is 7.63. The normalized spacial score (nSPS) is 13.4. The second-order valence-corrected chi connectivity index (χ2v) is 2.95. The van der Waals surface area contributed by atoms with Crippen molar-refractivity contribution in [2.24, 2.45) is 10.7 Å². The van der Waals surface area contributed by atoms with Crippen LogP contribution in [0.25, 0.3) is 5.78 Å². The van der Waals surface area contributed by atoms with E-state index in [1.54, 1.807) is 0 Å². The van der Waals surface area contributed by atoms with Crippen LogP contribution in [0.3, 0.4) is 0 Å². The summed E-state index contributed by atoms with van der Waals surface area (Å²) >= 11 is 0. The van der Waals surface area contributed by atoms with Crippen LogP contribution < -0.4 is 22.4 Å².